The lowest BCUT2D eigenvalue weighted by Gasteiger charge is -2.22. The minimum absolute atomic E-state index is 0.0863. The molecule has 2 nitrogen and oxygen atoms in total. The Morgan fingerprint density at radius 1 is 1.28 bits per heavy atom. The summed E-state index contributed by atoms with van der Waals surface area (Å²) < 4.78 is 5.80. The van der Waals surface area contributed by atoms with Gasteiger partial charge in [-0.25, -0.2) is 0 Å². The molecule has 0 bridgehead atoms. The van der Waals surface area contributed by atoms with E-state index in [0.717, 1.165) is 37.3 Å². The van der Waals surface area contributed by atoms with Crippen LogP contribution in [-0.2, 0) is 6.54 Å². The minimum atomic E-state index is 0.0863. The summed E-state index contributed by atoms with van der Waals surface area (Å²) in [5.41, 5.74) is 1.21. The molecule has 102 valence electrons. The first-order valence-corrected chi connectivity index (χ1v) is 6.97. The van der Waals surface area contributed by atoms with Crippen molar-refractivity contribution in [2.24, 2.45) is 0 Å². The Morgan fingerprint density at radius 2 is 2.00 bits per heavy atom. The van der Waals surface area contributed by atoms with Crippen LogP contribution in [0.3, 0.4) is 0 Å². The van der Waals surface area contributed by atoms with E-state index in [2.05, 4.69) is 39.1 Å². The Morgan fingerprint density at radius 3 is 2.61 bits per heavy atom. The molecule has 0 saturated heterocycles. The predicted octanol–water partition coefficient (Wildman–Crippen LogP) is 4.41. The maximum atomic E-state index is 6.21. The molecule has 0 spiro atoms. The van der Waals surface area contributed by atoms with Crippen molar-refractivity contribution in [2.45, 2.75) is 52.6 Å². The Hall–Kier alpha value is -0.730. The second-order valence-corrected chi connectivity index (χ2v) is 5.94. The molecule has 0 aromatic heterocycles. The Labute approximate surface area is 116 Å². The molecule has 0 amide bonds. The number of unbranched alkanes of at least 4 members (excludes halogenated alkanes) is 1. The highest BCUT2D eigenvalue weighted by Crippen LogP contribution is 2.29. The van der Waals surface area contributed by atoms with Crippen LogP contribution in [0.2, 0.25) is 5.02 Å². The molecule has 0 aliphatic carbocycles. The summed E-state index contributed by atoms with van der Waals surface area (Å²) in [4.78, 5) is 0. The second-order valence-electron chi connectivity index (χ2n) is 5.53. The molecule has 18 heavy (non-hydrogen) atoms. The molecule has 0 radical (unpaired) electrons. The average Bonchev–Trinajstić information content (AvgIpc) is 2.28. The first-order chi connectivity index (χ1) is 8.44. The van der Waals surface area contributed by atoms with Gasteiger partial charge in [0, 0.05) is 17.6 Å². The van der Waals surface area contributed by atoms with Crippen LogP contribution in [0, 0.1) is 0 Å². The van der Waals surface area contributed by atoms with Crippen LogP contribution >= 0.6 is 11.6 Å². The summed E-state index contributed by atoms with van der Waals surface area (Å²) in [7, 11) is 0. The van der Waals surface area contributed by atoms with E-state index in [1.165, 1.54) is 0 Å². The highest BCUT2D eigenvalue weighted by Gasteiger charge is 2.12. The van der Waals surface area contributed by atoms with Gasteiger partial charge in [-0.15, -0.1) is 0 Å². The summed E-state index contributed by atoms with van der Waals surface area (Å²) in [6.45, 7) is 10.1. The highest BCUT2D eigenvalue weighted by molar-refractivity contribution is 6.32. The summed E-state index contributed by atoms with van der Waals surface area (Å²) in [6.07, 6.45) is 2.18. The van der Waals surface area contributed by atoms with Gasteiger partial charge in [0.05, 0.1) is 11.6 Å². The van der Waals surface area contributed by atoms with Gasteiger partial charge in [0.2, 0.25) is 0 Å². The number of rotatable bonds is 6. The number of ether oxygens (including phenoxy) is 1. The van der Waals surface area contributed by atoms with Gasteiger partial charge in [0.25, 0.3) is 0 Å². The number of hydrogen-bond acceptors (Lipinski definition) is 2. The quantitative estimate of drug-likeness (QED) is 0.773. The molecule has 3 heteroatoms. The number of halogens is 1. The fourth-order valence-electron chi connectivity index (χ4n) is 1.53. The van der Waals surface area contributed by atoms with Crippen molar-refractivity contribution in [1.82, 2.24) is 5.32 Å². The normalized spacial score (nSPS) is 11.6. The van der Waals surface area contributed by atoms with E-state index >= 15 is 0 Å². The third-order valence-electron chi connectivity index (χ3n) is 2.60. The van der Waals surface area contributed by atoms with Crippen LogP contribution in [0.1, 0.15) is 46.1 Å². The largest absolute Gasteiger partial charge is 0.492 e. The average molecular weight is 270 g/mol. The maximum Gasteiger partial charge on any atom is 0.142 e. The Bertz CT molecular complexity index is 371. The van der Waals surface area contributed by atoms with E-state index in [1.54, 1.807) is 0 Å². The molecule has 1 N–H and O–H groups in total. The lowest BCUT2D eigenvalue weighted by atomic mass is 10.1. The fourth-order valence-corrected chi connectivity index (χ4v) is 1.78. The molecular formula is C15H24ClNO. The van der Waals surface area contributed by atoms with Crippen molar-refractivity contribution in [3.05, 3.63) is 28.8 Å². The zero-order chi connectivity index (χ0) is 13.6. The van der Waals surface area contributed by atoms with Gasteiger partial charge in [0.15, 0.2) is 0 Å². The van der Waals surface area contributed by atoms with E-state index in [-0.39, 0.29) is 5.54 Å². The Kier molecular flexibility index (Phi) is 5.97. The highest BCUT2D eigenvalue weighted by atomic mass is 35.5. The molecular weight excluding hydrogens is 246 g/mol. The van der Waals surface area contributed by atoms with Crippen molar-refractivity contribution >= 4 is 11.6 Å². The lowest BCUT2D eigenvalue weighted by molar-refractivity contribution is 0.304. The van der Waals surface area contributed by atoms with Crippen molar-refractivity contribution < 1.29 is 4.74 Å². The van der Waals surface area contributed by atoms with Gasteiger partial charge in [-0.3, -0.25) is 0 Å². The van der Waals surface area contributed by atoms with E-state index in [9.17, 15) is 0 Å². The molecule has 0 atom stereocenters. The van der Waals surface area contributed by atoms with Gasteiger partial charge >= 0.3 is 0 Å². The van der Waals surface area contributed by atoms with E-state index in [4.69, 9.17) is 16.3 Å². The van der Waals surface area contributed by atoms with Crippen molar-refractivity contribution in [1.29, 1.82) is 0 Å². The molecule has 0 aliphatic rings. The van der Waals surface area contributed by atoms with Gasteiger partial charge in [-0.1, -0.05) is 37.1 Å². The number of nitrogens with one attached hydrogen (secondary N) is 1. The Balaban J connectivity index is 2.73. The number of para-hydroxylation sites is 1. The van der Waals surface area contributed by atoms with Gasteiger partial charge < -0.3 is 10.1 Å². The fraction of sp³-hybridized carbons (Fsp3) is 0.600. The number of benzene rings is 1. The summed E-state index contributed by atoms with van der Waals surface area (Å²) in [5, 5.41) is 4.15. The topological polar surface area (TPSA) is 21.3 Å². The van der Waals surface area contributed by atoms with Gasteiger partial charge in [0.1, 0.15) is 5.75 Å². The van der Waals surface area contributed by atoms with Gasteiger partial charge in [-0.05, 0) is 33.3 Å². The molecule has 0 fully saturated rings. The zero-order valence-electron chi connectivity index (χ0n) is 11.8. The standard InChI is InChI=1S/C15H24ClNO/c1-5-6-10-18-14-12(8-7-9-13(14)16)11-17-15(2,3)4/h7-9,17H,5-6,10-11H2,1-4H3. The molecule has 1 aromatic carbocycles. The molecule has 1 rings (SSSR count). The third kappa shape index (κ3) is 5.28. The molecule has 1 aromatic rings. The third-order valence-corrected chi connectivity index (χ3v) is 2.90. The second kappa shape index (κ2) is 7.01. The number of hydrogen-bond donors (Lipinski definition) is 1. The smallest absolute Gasteiger partial charge is 0.142 e. The van der Waals surface area contributed by atoms with Crippen LogP contribution in [-0.4, -0.2) is 12.1 Å². The van der Waals surface area contributed by atoms with Crippen molar-refractivity contribution in [3.8, 4) is 5.75 Å². The van der Waals surface area contributed by atoms with Crippen LogP contribution in [0.4, 0.5) is 0 Å². The maximum absolute atomic E-state index is 6.21. The van der Waals surface area contributed by atoms with Crippen molar-refractivity contribution in [3.63, 3.8) is 0 Å². The van der Waals surface area contributed by atoms with Crippen LogP contribution < -0.4 is 10.1 Å². The van der Waals surface area contributed by atoms with E-state index in [0.29, 0.717) is 5.02 Å². The SMILES string of the molecule is CCCCOc1c(Cl)cccc1CNC(C)(C)C. The van der Waals surface area contributed by atoms with Crippen LogP contribution in [0.5, 0.6) is 5.75 Å². The first-order valence-electron chi connectivity index (χ1n) is 6.59. The summed E-state index contributed by atoms with van der Waals surface area (Å²) >= 11 is 6.21. The van der Waals surface area contributed by atoms with E-state index in [1.807, 2.05) is 12.1 Å². The first kappa shape index (κ1) is 15.3. The van der Waals surface area contributed by atoms with E-state index < -0.39 is 0 Å². The molecule has 0 aliphatic heterocycles. The zero-order valence-corrected chi connectivity index (χ0v) is 12.6. The monoisotopic (exact) mass is 269 g/mol. The van der Waals surface area contributed by atoms with Crippen LogP contribution in [0.25, 0.3) is 0 Å². The minimum Gasteiger partial charge on any atom is -0.492 e. The van der Waals surface area contributed by atoms with Gasteiger partial charge in [-0.2, -0.15) is 0 Å². The molecule has 0 heterocycles. The predicted molar refractivity (Wildman–Crippen MR) is 78.4 cm³/mol. The molecule has 0 unspecified atom stereocenters. The molecule has 0 saturated carbocycles. The van der Waals surface area contributed by atoms with Crippen LogP contribution in [0.15, 0.2) is 18.2 Å². The summed E-state index contributed by atoms with van der Waals surface area (Å²) in [5.74, 6) is 0.823. The van der Waals surface area contributed by atoms with Crippen molar-refractivity contribution in [2.75, 3.05) is 6.61 Å². The lowest BCUT2D eigenvalue weighted by Crippen LogP contribution is -2.35. The summed E-state index contributed by atoms with van der Waals surface area (Å²) in [6, 6.07) is 5.91.